The monoisotopic (exact) mass is 307 g/mol. The fourth-order valence-electron chi connectivity index (χ4n) is 2.19. The average molecular weight is 308 g/mol. The molecular formula is C9H14ClN5O3S. The van der Waals surface area contributed by atoms with Gasteiger partial charge in [-0.1, -0.05) is 16.8 Å². The zero-order valence-corrected chi connectivity index (χ0v) is 11.8. The molecule has 1 aliphatic rings. The Morgan fingerprint density at radius 3 is 2.89 bits per heavy atom. The van der Waals surface area contributed by atoms with Crippen LogP contribution in [0.15, 0.2) is 16.4 Å². The lowest BCUT2D eigenvalue weighted by Gasteiger charge is -2.22. The van der Waals surface area contributed by atoms with E-state index in [1.165, 1.54) is 22.2 Å². The Morgan fingerprint density at radius 1 is 1.68 bits per heavy atom. The maximum absolute atomic E-state index is 12.6. The minimum Gasteiger partial charge on any atom is -0.409 e. The lowest BCUT2D eigenvalue weighted by atomic mass is 10.2. The number of nitrogens with zero attached hydrogens (tertiary/aromatic N) is 4. The number of oxime groups is 1. The van der Waals surface area contributed by atoms with Crippen molar-refractivity contribution < 1.29 is 13.6 Å². The summed E-state index contributed by atoms with van der Waals surface area (Å²) < 4.78 is 27.5. The van der Waals surface area contributed by atoms with Gasteiger partial charge in [-0.15, -0.1) is 0 Å². The van der Waals surface area contributed by atoms with Crippen molar-refractivity contribution in [3.05, 3.63) is 11.2 Å². The van der Waals surface area contributed by atoms with Gasteiger partial charge in [0.1, 0.15) is 0 Å². The molecule has 8 nitrogen and oxygen atoms in total. The molecule has 1 aliphatic heterocycles. The number of rotatable bonds is 3. The number of hydrogen-bond acceptors (Lipinski definition) is 5. The van der Waals surface area contributed by atoms with Crippen molar-refractivity contribution in [3.63, 3.8) is 0 Å². The Labute approximate surface area is 115 Å². The van der Waals surface area contributed by atoms with Crippen molar-refractivity contribution in [2.75, 3.05) is 6.54 Å². The van der Waals surface area contributed by atoms with Crippen LogP contribution in [-0.4, -0.2) is 46.1 Å². The highest BCUT2D eigenvalue weighted by molar-refractivity contribution is 7.89. The third-order valence-electron chi connectivity index (χ3n) is 3.06. The molecule has 0 saturated carbocycles. The predicted molar refractivity (Wildman–Crippen MR) is 68.5 cm³/mol. The van der Waals surface area contributed by atoms with Crippen LogP contribution in [0.5, 0.6) is 0 Å². The van der Waals surface area contributed by atoms with Crippen molar-refractivity contribution in [3.8, 4) is 0 Å². The molecule has 2 rings (SSSR count). The van der Waals surface area contributed by atoms with Crippen LogP contribution in [-0.2, 0) is 17.1 Å². The highest BCUT2D eigenvalue weighted by Gasteiger charge is 2.40. The molecule has 106 valence electrons. The molecular weight excluding hydrogens is 294 g/mol. The van der Waals surface area contributed by atoms with E-state index >= 15 is 0 Å². The van der Waals surface area contributed by atoms with Crippen molar-refractivity contribution in [2.24, 2.45) is 17.9 Å². The Hall–Kier alpha value is -1.32. The molecule has 0 radical (unpaired) electrons. The summed E-state index contributed by atoms with van der Waals surface area (Å²) in [5, 5.41) is 15.4. The maximum atomic E-state index is 12.6. The SMILES string of the molecule is Cn1ncc(Cl)c1S(=O)(=O)N1CCCC1C(N)=NO. The largest absolute Gasteiger partial charge is 0.409 e. The van der Waals surface area contributed by atoms with Crippen LogP contribution in [0.25, 0.3) is 0 Å². The van der Waals surface area contributed by atoms with Gasteiger partial charge < -0.3 is 10.9 Å². The van der Waals surface area contributed by atoms with Gasteiger partial charge in [0.15, 0.2) is 10.9 Å². The first-order chi connectivity index (χ1) is 8.89. The number of nitrogens with two attached hydrogens (primary N) is 1. The summed E-state index contributed by atoms with van der Waals surface area (Å²) in [5.41, 5.74) is 5.53. The number of hydrogen-bond donors (Lipinski definition) is 2. The predicted octanol–water partition coefficient (Wildman–Crippen LogP) is -0.0270. The normalized spacial score (nSPS) is 22.0. The van der Waals surface area contributed by atoms with E-state index in [0.29, 0.717) is 19.4 Å². The molecule has 2 heterocycles. The number of amidine groups is 1. The van der Waals surface area contributed by atoms with Crippen LogP contribution >= 0.6 is 11.6 Å². The minimum absolute atomic E-state index is 0.0488. The van der Waals surface area contributed by atoms with E-state index < -0.39 is 16.1 Å². The fourth-order valence-corrected chi connectivity index (χ4v) is 4.47. The van der Waals surface area contributed by atoms with E-state index in [9.17, 15) is 8.42 Å². The van der Waals surface area contributed by atoms with Gasteiger partial charge in [0.2, 0.25) is 0 Å². The van der Waals surface area contributed by atoms with Crippen LogP contribution < -0.4 is 5.73 Å². The first-order valence-electron chi connectivity index (χ1n) is 5.56. The summed E-state index contributed by atoms with van der Waals surface area (Å²) in [6.07, 6.45) is 2.41. The van der Waals surface area contributed by atoms with E-state index in [1.807, 2.05) is 0 Å². The third-order valence-corrected chi connectivity index (χ3v) is 5.47. The van der Waals surface area contributed by atoms with Crippen LogP contribution in [0.1, 0.15) is 12.8 Å². The van der Waals surface area contributed by atoms with Gasteiger partial charge in [0.25, 0.3) is 10.0 Å². The van der Waals surface area contributed by atoms with Crippen molar-refractivity contribution >= 4 is 27.5 Å². The molecule has 0 amide bonds. The van der Waals surface area contributed by atoms with E-state index in [2.05, 4.69) is 10.3 Å². The maximum Gasteiger partial charge on any atom is 0.262 e. The van der Waals surface area contributed by atoms with Crippen LogP contribution in [0, 0.1) is 0 Å². The summed E-state index contributed by atoms with van der Waals surface area (Å²) in [6, 6.07) is -0.652. The van der Waals surface area contributed by atoms with Gasteiger partial charge in [-0.25, -0.2) is 8.42 Å². The topological polar surface area (TPSA) is 114 Å². The summed E-state index contributed by atoms with van der Waals surface area (Å²) in [6.45, 7) is 0.296. The number of sulfonamides is 1. The Kier molecular flexibility index (Phi) is 3.70. The minimum atomic E-state index is -3.83. The fraction of sp³-hybridized carbons (Fsp3) is 0.556. The highest BCUT2D eigenvalue weighted by Crippen LogP contribution is 2.29. The first kappa shape index (κ1) is 14.1. The Morgan fingerprint density at radius 2 is 2.37 bits per heavy atom. The molecule has 0 spiro atoms. The standard InChI is InChI=1S/C9H14ClN5O3S/c1-14-9(6(10)5-12-14)19(17,18)15-4-2-3-7(15)8(11)13-16/h5,7,16H,2-4H2,1H3,(H2,11,13). The molecule has 3 N–H and O–H groups in total. The van der Waals surface area contributed by atoms with Crippen LogP contribution in [0.4, 0.5) is 0 Å². The van der Waals surface area contributed by atoms with Crippen LogP contribution in [0.3, 0.4) is 0 Å². The second-order valence-electron chi connectivity index (χ2n) is 4.22. The molecule has 1 aromatic heterocycles. The van der Waals surface area contributed by atoms with Gasteiger partial charge in [-0.2, -0.15) is 9.40 Å². The molecule has 1 saturated heterocycles. The first-order valence-corrected chi connectivity index (χ1v) is 7.38. The third kappa shape index (κ3) is 2.28. The lowest BCUT2D eigenvalue weighted by Crippen LogP contribution is -2.44. The Bertz CT molecular complexity index is 592. The van der Waals surface area contributed by atoms with E-state index in [-0.39, 0.29) is 15.9 Å². The van der Waals surface area contributed by atoms with Crippen LogP contribution in [0.2, 0.25) is 5.02 Å². The quantitative estimate of drug-likeness (QED) is 0.352. The average Bonchev–Trinajstić information content (AvgIpc) is 2.95. The molecule has 10 heteroatoms. The Balaban J connectivity index is 2.46. The molecule has 1 atom stereocenters. The van der Waals surface area contributed by atoms with Gasteiger partial charge in [0, 0.05) is 13.6 Å². The number of halogens is 1. The van der Waals surface area contributed by atoms with Gasteiger partial charge in [-0.05, 0) is 12.8 Å². The molecule has 1 fully saturated rings. The number of aryl methyl sites for hydroxylation is 1. The molecule has 0 aliphatic carbocycles. The smallest absolute Gasteiger partial charge is 0.262 e. The van der Waals surface area contributed by atoms with Gasteiger partial charge in [-0.3, -0.25) is 4.68 Å². The zero-order valence-electron chi connectivity index (χ0n) is 10.2. The summed E-state index contributed by atoms with van der Waals surface area (Å²) in [7, 11) is -2.34. The highest BCUT2D eigenvalue weighted by atomic mass is 35.5. The molecule has 1 unspecified atom stereocenters. The molecule has 1 aromatic rings. The van der Waals surface area contributed by atoms with Crippen molar-refractivity contribution in [1.82, 2.24) is 14.1 Å². The second kappa shape index (κ2) is 4.99. The summed E-state index contributed by atoms with van der Waals surface area (Å²) in [5.74, 6) is -0.126. The lowest BCUT2D eigenvalue weighted by molar-refractivity contribution is 0.311. The van der Waals surface area contributed by atoms with Crippen molar-refractivity contribution in [2.45, 2.75) is 23.9 Å². The summed E-state index contributed by atoms with van der Waals surface area (Å²) >= 11 is 5.87. The number of aromatic nitrogens is 2. The van der Waals surface area contributed by atoms with E-state index in [1.54, 1.807) is 0 Å². The molecule has 0 bridgehead atoms. The van der Waals surface area contributed by atoms with E-state index in [0.717, 1.165) is 0 Å². The van der Waals surface area contributed by atoms with Gasteiger partial charge >= 0.3 is 0 Å². The molecule has 0 aromatic carbocycles. The zero-order chi connectivity index (χ0) is 14.2. The van der Waals surface area contributed by atoms with E-state index in [4.69, 9.17) is 22.5 Å². The molecule has 19 heavy (non-hydrogen) atoms. The van der Waals surface area contributed by atoms with Gasteiger partial charge in [0.05, 0.1) is 17.3 Å². The van der Waals surface area contributed by atoms with Crippen molar-refractivity contribution in [1.29, 1.82) is 0 Å². The summed E-state index contributed by atoms with van der Waals surface area (Å²) in [4.78, 5) is 0. The second-order valence-corrected chi connectivity index (χ2v) is 6.43.